The van der Waals surface area contributed by atoms with E-state index in [1.54, 1.807) is 6.07 Å². The van der Waals surface area contributed by atoms with E-state index in [1.165, 1.54) is 0 Å². The minimum absolute atomic E-state index is 0.163. The monoisotopic (exact) mass is 285 g/mol. The van der Waals surface area contributed by atoms with Crippen LogP contribution in [0.1, 0.15) is 18.5 Å². The van der Waals surface area contributed by atoms with Gasteiger partial charge in [0.1, 0.15) is 0 Å². The third kappa shape index (κ3) is 2.52. The molecule has 1 heterocycles. The lowest BCUT2D eigenvalue weighted by Gasteiger charge is -2.10. The highest BCUT2D eigenvalue weighted by Gasteiger charge is 2.53. The number of carbonyl (C=O) groups is 2. The van der Waals surface area contributed by atoms with Crippen molar-refractivity contribution in [3.8, 4) is 11.3 Å². The second-order valence-corrected chi connectivity index (χ2v) is 5.17. The maximum Gasteiger partial charge on any atom is 0.236 e. The normalized spacial score (nSPS) is 15.4. The Balaban J connectivity index is 1.80. The summed E-state index contributed by atoms with van der Waals surface area (Å²) in [5.41, 5.74) is 5.87. The molecule has 1 aromatic carbocycles. The Morgan fingerprint density at radius 1 is 1.29 bits per heavy atom. The van der Waals surface area contributed by atoms with Crippen LogP contribution in [0.4, 0.5) is 0 Å². The van der Waals surface area contributed by atoms with E-state index in [4.69, 9.17) is 10.3 Å². The number of nitrogens with zero attached hydrogens (tertiary/aromatic N) is 1. The Kier molecular flexibility index (Phi) is 3.21. The number of primary amides is 1. The molecule has 6 nitrogen and oxygen atoms in total. The highest BCUT2D eigenvalue weighted by atomic mass is 16.5. The van der Waals surface area contributed by atoms with Crippen molar-refractivity contribution in [3.05, 3.63) is 42.1 Å². The molecule has 2 aromatic rings. The van der Waals surface area contributed by atoms with Gasteiger partial charge in [0, 0.05) is 11.6 Å². The molecule has 1 aliphatic carbocycles. The minimum Gasteiger partial charge on any atom is -0.368 e. The van der Waals surface area contributed by atoms with Crippen molar-refractivity contribution in [3.63, 3.8) is 0 Å². The van der Waals surface area contributed by atoms with Crippen molar-refractivity contribution in [2.45, 2.75) is 18.3 Å². The van der Waals surface area contributed by atoms with E-state index in [0.717, 1.165) is 5.56 Å². The molecule has 108 valence electrons. The van der Waals surface area contributed by atoms with Crippen LogP contribution >= 0.6 is 0 Å². The van der Waals surface area contributed by atoms with Crippen LogP contribution in [0.5, 0.6) is 0 Å². The Hall–Kier alpha value is -2.63. The second kappa shape index (κ2) is 5.05. The van der Waals surface area contributed by atoms with Gasteiger partial charge in [-0.1, -0.05) is 35.5 Å². The van der Waals surface area contributed by atoms with Crippen LogP contribution in [-0.2, 0) is 15.0 Å². The zero-order valence-electron chi connectivity index (χ0n) is 11.3. The Morgan fingerprint density at radius 2 is 2.00 bits per heavy atom. The largest absolute Gasteiger partial charge is 0.368 e. The Morgan fingerprint density at radius 3 is 2.62 bits per heavy atom. The molecule has 0 radical (unpaired) electrons. The van der Waals surface area contributed by atoms with Crippen molar-refractivity contribution in [2.75, 3.05) is 6.54 Å². The third-order valence-electron chi connectivity index (χ3n) is 3.67. The van der Waals surface area contributed by atoms with Crippen LogP contribution in [0.15, 0.2) is 40.9 Å². The number of benzene rings is 1. The maximum atomic E-state index is 12.2. The number of hydrogen-bond acceptors (Lipinski definition) is 4. The summed E-state index contributed by atoms with van der Waals surface area (Å²) in [4.78, 5) is 22.9. The van der Waals surface area contributed by atoms with E-state index >= 15 is 0 Å². The molecule has 0 atom stereocenters. The predicted molar refractivity (Wildman–Crippen MR) is 75.1 cm³/mol. The molecule has 0 aliphatic heterocycles. The molecule has 1 aromatic heterocycles. The summed E-state index contributed by atoms with van der Waals surface area (Å²) >= 11 is 0. The van der Waals surface area contributed by atoms with Gasteiger partial charge in [-0.05, 0) is 12.8 Å². The fraction of sp³-hybridized carbons (Fsp3) is 0.267. The molecule has 2 amide bonds. The van der Waals surface area contributed by atoms with Crippen molar-refractivity contribution >= 4 is 11.8 Å². The summed E-state index contributed by atoms with van der Waals surface area (Å²) in [5.74, 6) is -0.168. The van der Waals surface area contributed by atoms with Crippen molar-refractivity contribution in [1.29, 1.82) is 0 Å². The zero-order chi connectivity index (χ0) is 14.9. The molecule has 3 N–H and O–H groups in total. The smallest absolute Gasteiger partial charge is 0.236 e. The van der Waals surface area contributed by atoms with Crippen molar-refractivity contribution in [2.24, 2.45) is 5.73 Å². The molecule has 1 fully saturated rings. The zero-order valence-corrected chi connectivity index (χ0v) is 11.3. The average Bonchev–Trinajstić information content (AvgIpc) is 3.16. The maximum absolute atomic E-state index is 12.2. The van der Waals surface area contributed by atoms with Gasteiger partial charge >= 0.3 is 0 Å². The van der Waals surface area contributed by atoms with Gasteiger partial charge in [0.2, 0.25) is 11.8 Å². The number of amides is 2. The summed E-state index contributed by atoms with van der Waals surface area (Å²) in [7, 11) is 0. The van der Waals surface area contributed by atoms with Crippen LogP contribution in [0.3, 0.4) is 0 Å². The Labute approximate surface area is 121 Å². The quantitative estimate of drug-likeness (QED) is 0.855. The summed E-state index contributed by atoms with van der Waals surface area (Å²) in [6.07, 6.45) is 1.39. The molecule has 1 saturated carbocycles. The molecule has 0 spiro atoms. The number of carbonyl (C=O) groups excluding carboxylic acids is 2. The van der Waals surface area contributed by atoms with Gasteiger partial charge in [-0.2, -0.15) is 0 Å². The van der Waals surface area contributed by atoms with E-state index < -0.39 is 11.3 Å². The van der Waals surface area contributed by atoms with Crippen LogP contribution < -0.4 is 11.1 Å². The highest BCUT2D eigenvalue weighted by Crippen LogP contribution is 2.48. The summed E-state index contributed by atoms with van der Waals surface area (Å²) < 4.78 is 5.33. The van der Waals surface area contributed by atoms with Gasteiger partial charge < -0.3 is 15.6 Å². The number of nitrogens with one attached hydrogen (secondary N) is 1. The first-order valence-corrected chi connectivity index (χ1v) is 6.71. The van der Waals surface area contributed by atoms with E-state index in [1.807, 2.05) is 30.3 Å². The second-order valence-electron chi connectivity index (χ2n) is 5.17. The van der Waals surface area contributed by atoms with Gasteiger partial charge in [0.25, 0.3) is 0 Å². The predicted octanol–water partition coefficient (Wildman–Crippen LogP) is 0.975. The fourth-order valence-electron chi connectivity index (χ4n) is 2.30. The lowest BCUT2D eigenvalue weighted by Crippen LogP contribution is -2.39. The summed E-state index contributed by atoms with van der Waals surface area (Å²) in [6.45, 7) is -0.163. The molecule has 3 rings (SSSR count). The lowest BCUT2D eigenvalue weighted by atomic mass is 10.0. The standard InChI is InChI=1S/C15H15N3O3/c16-13(19)9-17-14(20)15(6-7-15)12-8-11(21-18-12)10-4-2-1-3-5-10/h1-5,8H,6-7,9H2,(H2,16,19)(H,17,20). The molecular formula is C15H15N3O3. The van der Waals surface area contributed by atoms with Gasteiger partial charge in [0.15, 0.2) is 5.76 Å². The van der Waals surface area contributed by atoms with Gasteiger partial charge in [-0.25, -0.2) is 0 Å². The minimum atomic E-state index is -0.675. The van der Waals surface area contributed by atoms with Crippen molar-refractivity contribution in [1.82, 2.24) is 10.5 Å². The molecule has 6 heteroatoms. The number of nitrogens with two attached hydrogens (primary N) is 1. The van der Waals surface area contributed by atoms with Gasteiger partial charge in [0.05, 0.1) is 17.7 Å². The molecule has 0 saturated heterocycles. The number of aromatic nitrogens is 1. The molecular weight excluding hydrogens is 270 g/mol. The first kappa shape index (κ1) is 13.4. The van der Waals surface area contributed by atoms with Gasteiger partial charge in [-0.3, -0.25) is 9.59 Å². The van der Waals surface area contributed by atoms with Crippen LogP contribution in [0, 0.1) is 0 Å². The van der Waals surface area contributed by atoms with E-state index in [-0.39, 0.29) is 12.5 Å². The van der Waals surface area contributed by atoms with Crippen LogP contribution in [-0.4, -0.2) is 23.5 Å². The first-order valence-electron chi connectivity index (χ1n) is 6.71. The van der Waals surface area contributed by atoms with Gasteiger partial charge in [-0.15, -0.1) is 0 Å². The van der Waals surface area contributed by atoms with E-state index in [0.29, 0.717) is 24.3 Å². The molecule has 0 unspecified atom stereocenters. The van der Waals surface area contributed by atoms with Crippen LogP contribution in [0.25, 0.3) is 11.3 Å². The summed E-state index contributed by atoms with van der Waals surface area (Å²) in [6, 6.07) is 11.3. The fourth-order valence-corrected chi connectivity index (χ4v) is 2.30. The molecule has 0 bridgehead atoms. The highest BCUT2D eigenvalue weighted by molar-refractivity contribution is 5.93. The topological polar surface area (TPSA) is 98.2 Å². The average molecular weight is 285 g/mol. The Bertz CT molecular complexity index is 674. The van der Waals surface area contributed by atoms with E-state index in [2.05, 4.69) is 10.5 Å². The number of rotatable bonds is 5. The number of hydrogen-bond donors (Lipinski definition) is 2. The lowest BCUT2D eigenvalue weighted by molar-refractivity contribution is -0.126. The first-order chi connectivity index (χ1) is 10.1. The SMILES string of the molecule is NC(=O)CNC(=O)C1(c2cc(-c3ccccc3)on2)CC1. The molecule has 21 heavy (non-hydrogen) atoms. The third-order valence-corrected chi connectivity index (χ3v) is 3.67. The molecule has 1 aliphatic rings. The summed E-state index contributed by atoms with van der Waals surface area (Å²) in [5, 5.41) is 6.56. The van der Waals surface area contributed by atoms with Crippen molar-refractivity contribution < 1.29 is 14.1 Å². The van der Waals surface area contributed by atoms with Crippen LogP contribution in [0.2, 0.25) is 0 Å². The van der Waals surface area contributed by atoms with E-state index in [9.17, 15) is 9.59 Å².